The van der Waals surface area contributed by atoms with E-state index in [1.807, 2.05) is 24.3 Å². The summed E-state index contributed by atoms with van der Waals surface area (Å²) in [5.74, 6) is 2.85. The first-order valence-electron chi connectivity index (χ1n) is 9.27. The summed E-state index contributed by atoms with van der Waals surface area (Å²) in [6, 6.07) is 3.90. The molecule has 0 saturated heterocycles. The van der Waals surface area contributed by atoms with Crippen LogP contribution in [0.4, 0.5) is 0 Å². The molecule has 0 N–H and O–H groups in total. The monoisotopic (exact) mass is 325 g/mol. The minimum Gasteiger partial charge on any atom is -0.335 e. The summed E-state index contributed by atoms with van der Waals surface area (Å²) < 4.78 is 5.38. The van der Waals surface area contributed by atoms with E-state index < -0.39 is 0 Å². The molecule has 0 bridgehead atoms. The van der Waals surface area contributed by atoms with E-state index >= 15 is 0 Å². The van der Waals surface area contributed by atoms with Crippen molar-refractivity contribution < 1.29 is 4.52 Å². The highest BCUT2D eigenvalue weighted by Crippen LogP contribution is 2.36. The van der Waals surface area contributed by atoms with Crippen molar-refractivity contribution in [3.63, 3.8) is 0 Å². The van der Waals surface area contributed by atoms with Crippen molar-refractivity contribution in [2.24, 2.45) is 5.92 Å². The zero-order valence-corrected chi connectivity index (χ0v) is 14.5. The maximum Gasteiger partial charge on any atom is 0.250 e. The molecule has 24 heavy (non-hydrogen) atoms. The van der Waals surface area contributed by atoms with Crippen LogP contribution in [0.5, 0.6) is 0 Å². The second-order valence-electron chi connectivity index (χ2n) is 6.82. The van der Waals surface area contributed by atoms with Gasteiger partial charge in [-0.3, -0.25) is 4.98 Å². The van der Waals surface area contributed by atoms with Gasteiger partial charge in [0.05, 0.1) is 0 Å². The first-order chi connectivity index (χ1) is 11.8. The summed E-state index contributed by atoms with van der Waals surface area (Å²) in [6.45, 7) is 2.27. The molecule has 0 amide bonds. The average Bonchev–Trinajstić information content (AvgIpc) is 3.11. The zero-order valence-electron chi connectivity index (χ0n) is 14.5. The molecule has 1 fully saturated rings. The summed E-state index contributed by atoms with van der Waals surface area (Å²) in [5, 5.41) is 4.20. The van der Waals surface area contributed by atoms with Crippen LogP contribution in [0.25, 0.3) is 12.2 Å². The van der Waals surface area contributed by atoms with E-state index in [4.69, 9.17) is 4.52 Å². The van der Waals surface area contributed by atoms with E-state index in [1.165, 1.54) is 51.4 Å². The summed E-state index contributed by atoms with van der Waals surface area (Å²) >= 11 is 0. The highest BCUT2D eigenvalue weighted by Gasteiger charge is 2.25. The van der Waals surface area contributed by atoms with Crippen molar-refractivity contribution in [2.45, 2.75) is 64.2 Å². The van der Waals surface area contributed by atoms with Crippen molar-refractivity contribution in [3.8, 4) is 0 Å². The van der Waals surface area contributed by atoms with E-state index in [0.717, 1.165) is 17.3 Å². The van der Waals surface area contributed by atoms with E-state index in [1.54, 1.807) is 12.4 Å². The van der Waals surface area contributed by atoms with Gasteiger partial charge in [-0.2, -0.15) is 4.98 Å². The SMILES string of the molecule is CCCCC[C@H]1CC[C@H](c2noc(/C=C/c3ccncc3)n2)CC1. The van der Waals surface area contributed by atoms with Crippen LogP contribution in [0.2, 0.25) is 0 Å². The van der Waals surface area contributed by atoms with Crippen LogP contribution < -0.4 is 0 Å². The Hall–Kier alpha value is -1.97. The highest BCUT2D eigenvalue weighted by molar-refractivity contribution is 5.65. The Morgan fingerprint density at radius 2 is 1.88 bits per heavy atom. The zero-order chi connectivity index (χ0) is 16.6. The minimum atomic E-state index is 0.472. The Kier molecular flexibility index (Phi) is 6.16. The van der Waals surface area contributed by atoms with Crippen LogP contribution >= 0.6 is 0 Å². The number of nitrogens with zero attached hydrogens (tertiary/aromatic N) is 3. The van der Waals surface area contributed by atoms with E-state index in [-0.39, 0.29) is 0 Å². The molecule has 0 radical (unpaired) electrons. The second kappa shape index (κ2) is 8.76. The molecule has 2 heterocycles. The molecule has 0 atom stereocenters. The van der Waals surface area contributed by atoms with Gasteiger partial charge in [0, 0.05) is 24.4 Å². The molecule has 2 aromatic heterocycles. The highest BCUT2D eigenvalue weighted by atomic mass is 16.5. The molecule has 4 heteroatoms. The number of rotatable bonds is 7. The number of hydrogen-bond donors (Lipinski definition) is 0. The molecule has 1 aliphatic carbocycles. The molecule has 0 aromatic carbocycles. The normalized spacial score (nSPS) is 21.4. The smallest absolute Gasteiger partial charge is 0.250 e. The number of unbranched alkanes of at least 4 members (excludes halogenated alkanes) is 2. The molecule has 0 aliphatic heterocycles. The first kappa shape index (κ1) is 16.9. The number of pyridine rings is 1. The first-order valence-corrected chi connectivity index (χ1v) is 9.27. The molecule has 2 aromatic rings. The Morgan fingerprint density at radius 3 is 2.62 bits per heavy atom. The van der Waals surface area contributed by atoms with Gasteiger partial charge in [0.2, 0.25) is 0 Å². The van der Waals surface area contributed by atoms with Crippen LogP contribution in [-0.4, -0.2) is 15.1 Å². The topological polar surface area (TPSA) is 51.8 Å². The lowest BCUT2D eigenvalue weighted by molar-refractivity contribution is 0.291. The summed E-state index contributed by atoms with van der Waals surface area (Å²) in [7, 11) is 0. The molecular formula is C20H27N3O. The van der Waals surface area contributed by atoms with Gasteiger partial charge in [-0.25, -0.2) is 0 Å². The largest absolute Gasteiger partial charge is 0.335 e. The number of aromatic nitrogens is 3. The third kappa shape index (κ3) is 4.76. The Labute approximate surface area is 144 Å². The van der Waals surface area contributed by atoms with Crippen LogP contribution in [0.15, 0.2) is 29.0 Å². The molecular weight excluding hydrogens is 298 g/mol. The third-order valence-electron chi connectivity index (χ3n) is 5.01. The Balaban J connectivity index is 1.50. The molecule has 1 saturated carbocycles. The van der Waals surface area contributed by atoms with Crippen molar-refractivity contribution in [1.29, 1.82) is 0 Å². The van der Waals surface area contributed by atoms with Crippen LogP contribution in [-0.2, 0) is 0 Å². The summed E-state index contributed by atoms with van der Waals surface area (Å²) in [5.41, 5.74) is 1.08. The fraction of sp³-hybridized carbons (Fsp3) is 0.550. The fourth-order valence-corrected chi connectivity index (χ4v) is 3.52. The Bertz CT molecular complexity index is 627. The molecule has 1 aliphatic rings. The van der Waals surface area contributed by atoms with Crippen molar-refractivity contribution >= 4 is 12.2 Å². The molecule has 0 spiro atoms. The van der Waals surface area contributed by atoms with E-state index in [0.29, 0.717) is 11.8 Å². The van der Waals surface area contributed by atoms with Gasteiger partial charge in [-0.15, -0.1) is 0 Å². The van der Waals surface area contributed by atoms with Gasteiger partial charge in [0.25, 0.3) is 5.89 Å². The van der Waals surface area contributed by atoms with Gasteiger partial charge in [0.15, 0.2) is 5.82 Å². The fourth-order valence-electron chi connectivity index (χ4n) is 3.52. The standard InChI is InChI=1S/C20H27N3O/c1-2-3-4-5-16-6-9-18(10-7-16)20-22-19(24-23-20)11-8-17-12-14-21-15-13-17/h8,11-16,18H,2-7,9-10H2,1H3/b11-8+/t16-,18-. The molecule has 128 valence electrons. The molecule has 3 rings (SSSR count). The van der Waals surface area contributed by atoms with Gasteiger partial charge in [-0.1, -0.05) is 37.8 Å². The number of hydrogen-bond acceptors (Lipinski definition) is 4. The van der Waals surface area contributed by atoms with Crippen molar-refractivity contribution in [2.75, 3.05) is 0 Å². The third-order valence-corrected chi connectivity index (χ3v) is 5.01. The summed E-state index contributed by atoms with van der Waals surface area (Å²) in [6.07, 6.45) is 17.9. The predicted octanol–water partition coefficient (Wildman–Crippen LogP) is 5.49. The van der Waals surface area contributed by atoms with Crippen molar-refractivity contribution in [3.05, 3.63) is 41.8 Å². The van der Waals surface area contributed by atoms with Crippen LogP contribution in [0.1, 0.15) is 81.5 Å². The lowest BCUT2D eigenvalue weighted by Crippen LogP contribution is -2.14. The minimum absolute atomic E-state index is 0.472. The van der Waals surface area contributed by atoms with Crippen LogP contribution in [0.3, 0.4) is 0 Å². The van der Waals surface area contributed by atoms with Gasteiger partial charge < -0.3 is 4.52 Å². The van der Waals surface area contributed by atoms with Crippen LogP contribution in [0, 0.1) is 5.92 Å². The van der Waals surface area contributed by atoms with E-state index in [2.05, 4.69) is 22.0 Å². The predicted molar refractivity (Wildman–Crippen MR) is 96.3 cm³/mol. The van der Waals surface area contributed by atoms with Gasteiger partial charge >= 0.3 is 0 Å². The second-order valence-corrected chi connectivity index (χ2v) is 6.82. The van der Waals surface area contributed by atoms with Gasteiger partial charge in [-0.05, 0) is 55.4 Å². The van der Waals surface area contributed by atoms with Gasteiger partial charge in [0.1, 0.15) is 0 Å². The van der Waals surface area contributed by atoms with Crippen molar-refractivity contribution in [1.82, 2.24) is 15.1 Å². The van der Waals surface area contributed by atoms with E-state index in [9.17, 15) is 0 Å². The average molecular weight is 325 g/mol. The quantitative estimate of drug-likeness (QED) is 0.632. The summed E-state index contributed by atoms with van der Waals surface area (Å²) in [4.78, 5) is 8.58. The lowest BCUT2D eigenvalue weighted by atomic mass is 9.79. The molecule has 4 nitrogen and oxygen atoms in total. The lowest BCUT2D eigenvalue weighted by Gasteiger charge is -2.26. The molecule has 0 unspecified atom stereocenters. The maximum absolute atomic E-state index is 5.38. The maximum atomic E-state index is 5.38. The Morgan fingerprint density at radius 1 is 1.08 bits per heavy atom.